The second-order valence-electron chi connectivity index (χ2n) is 4.53. The number of aromatic nitrogens is 1. The Morgan fingerprint density at radius 2 is 1.76 bits per heavy atom. The zero-order chi connectivity index (χ0) is 15.5. The van der Waals surface area contributed by atoms with E-state index >= 15 is 0 Å². The average Bonchev–Trinajstić information content (AvgIpc) is 2.45. The molecule has 0 saturated carbocycles. The van der Waals surface area contributed by atoms with Gasteiger partial charge in [-0.05, 0) is 42.2 Å². The number of aryl methyl sites for hydroxylation is 2. The van der Waals surface area contributed by atoms with E-state index in [9.17, 15) is 18.0 Å². The van der Waals surface area contributed by atoms with Gasteiger partial charge in [-0.25, -0.2) is 4.79 Å². The number of aromatic carboxylic acids is 1. The molecule has 2 aromatic rings. The first-order chi connectivity index (χ1) is 9.88. The second-order valence-corrected chi connectivity index (χ2v) is 4.53. The molecule has 21 heavy (non-hydrogen) atoms. The van der Waals surface area contributed by atoms with Gasteiger partial charge in [0.2, 0.25) is 0 Å². The SMILES string of the molecule is O=C(O)c1ccncc1CCc1ccc(C(F)(F)F)cc1. The Balaban J connectivity index is 2.09. The van der Waals surface area contributed by atoms with Gasteiger partial charge in [0.25, 0.3) is 0 Å². The fourth-order valence-corrected chi connectivity index (χ4v) is 1.97. The first-order valence-corrected chi connectivity index (χ1v) is 6.20. The second kappa shape index (κ2) is 5.95. The Hall–Kier alpha value is -2.37. The molecular formula is C15H12F3NO2. The van der Waals surface area contributed by atoms with E-state index in [0.29, 0.717) is 24.0 Å². The molecule has 0 saturated heterocycles. The van der Waals surface area contributed by atoms with Gasteiger partial charge < -0.3 is 5.11 Å². The van der Waals surface area contributed by atoms with E-state index in [1.807, 2.05) is 0 Å². The van der Waals surface area contributed by atoms with Crippen molar-refractivity contribution in [2.24, 2.45) is 0 Å². The molecule has 0 radical (unpaired) electrons. The lowest BCUT2D eigenvalue weighted by molar-refractivity contribution is -0.137. The van der Waals surface area contributed by atoms with Crippen LogP contribution in [0.4, 0.5) is 13.2 Å². The summed E-state index contributed by atoms with van der Waals surface area (Å²) in [5, 5.41) is 9.04. The first-order valence-electron chi connectivity index (χ1n) is 6.20. The molecular weight excluding hydrogens is 283 g/mol. The minimum absolute atomic E-state index is 0.164. The molecule has 0 bridgehead atoms. The molecule has 0 aliphatic heterocycles. The normalized spacial score (nSPS) is 11.4. The van der Waals surface area contributed by atoms with Crippen molar-refractivity contribution in [3.8, 4) is 0 Å². The number of halogens is 3. The number of pyridine rings is 1. The first kappa shape index (κ1) is 15.0. The van der Waals surface area contributed by atoms with E-state index in [4.69, 9.17) is 5.11 Å². The third-order valence-corrected chi connectivity index (χ3v) is 3.10. The summed E-state index contributed by atoms with van der Waals surface area (Å²) in [4.78, 5) is 14.9. The van der Waals surface area contributed by atoms with Crippen LogP contribution in [0.5, 0.6) is 0 Å². The van der Waals surface area contributed by atoms with Crippen LogP contribution >= 0.6 is 0 Å². The number of hydrogen-bond acceptors (Lipinski definition) is 2. The number of alkyl halides is 3. The quantitative estimate of drug-likeness (QED) is 0.938. The number of benzene rings is 1. The van der Waals surface area contributed by atoms with Crippen molar-refractivity contribution in [2.45, 2.75) is 19.0 Å². The predicted molar refractivity (Wildman–Crippen MR) is 70.0 cm³/mol. The van der Waals surface area contributed by atoms with Crippen molar-refractivity contribution in [3.05, 3.63) is 65.0 Å². The maximum absolute atomic E-state index is 12.4. The number of rotatable bonds is 4. The fraction of sp³-hybridized carbons (Fsp3) is 0.200. The van der Waals surface area contributed by atoms with Crippen LogP contribution in [0.15, 0.2) is 42.7 Å². The van der Waals surface area contributed by atoms with Crippen molar-refractivity contribution < 1.29 is 23.1 Å². The van der Waals surface area contributed by atoms with Crippen LogP contribution in [0.25, 0.3) is 0 Å². The molecule has 1 aromatic heterocycles. The van der Waals surface area contributed by atoms with Gasteiger partial charge >= 0.3 is 12.1 Å². The molecule has 2 rings (SSSR count). The molecule has 0 aliphatic carbocycles. The van der Waals surface area contributed by atoms with E-state index in [2.05, 4.69) is 4.98 Å². The van der Waals surface area contributed by atoms with Gasteiger partial charge in [-0.15, -0.1) is 0 Å². The van der Waals surface area contributed by atoms with Crippen molar-refractivity contribution in [1.82, 2.24) is 4.98 Å². The Labute approximate surface area is 119 Å². The molecule has 0 spiro atoms. The lowest BCUT2D eigenvalue weighted by Crippen LogP contribution is -2.06. The van der Waals surface area contributed by atoms with E-state index in [1.54, 1.807) is 0 Å². The lowest BCUT2D eigenvalue weighted by Gasteiger charge is -2.08. The highest BCUT2D eigenvalue weighted by Gasteiger charge is 2.29. The summed E-state index contributed by atoms with van der Waals surface area (Å²) < 4.78 is 37.3. The summed E-state index contributed by atoms with van der Waals surface area (Å²) in [6, 6.07) is 6.26. The zero-order valence-corrected chi connectivity index (χ0v) is 10.9. The summed E-state index contributed by atoms with van der Waals surface area (Å²) >= 11 is 0. The molecule has 1 N–H and O–H groups in total. The topological polar surface area (TPSA) is 50.2 Å². The van der Waals surface area contributed by atoms with Crippen molar-refractivity contribution in [3.63, 3.8) is 0 Å². The highest BCUT2D eigenvalue weighted by atomic mass is 19.4. The van der Waals surface area contributed by atoms with Crippen LogP contribution in [0.2, 0.25) is 0 Å². The van der Waals surface area contributed by atoms with Crippen molar-refractivity contribution in [2.75, 3.05) is 0 Å². The lowest BCUT2D eigenvalue weighted by atomic mass is 10.0. The van der Waals surface area contributed by atoms with Gasteiger partial charge in [-0.3, -0.25) is 4.98 Å². The molecule has 3 nitrogen and oxygen atoms in total. The minimum Gasteiger partial charge on any atom is -0.478 e. The monoisotopic (exact) mass is 295 g/mol. The molecule has 0 fully saturated rings. The molecule has 110 valence electrons. The molecule has 0 amide bonds. The zero-order valence-electron chi connectivity index (χ0n) is 10.9. The summed E-state index contributed by atoms with van der Waals surface area (Å²) in [6.45, 7) is 0. The number of carboxylic acid groups (broad SMARTS) is 1. The third kappa shape index (κ3) is 3.81. The highest BCUT2D eigenvalue weighted by molar-refractivity contribution is 5.89. The molecule has 0 unspecified atom stereocenters. The van der Waals surface area contributed by atoms with Gasteiger partial charge in [0.05, 0.1) is 11.1 Å². The van der Waals surface area contributed by atoms with Crippen molar-refractivity contribution in [1.29, 1.82) is 0 Å². The number of carbonyl (C=O) groups is 1. The molecule has 0 atom stereocenters. The minimum atomic E-state index is -4.35. The fourth-order valence-electron chi connectivity index (χ4n) is 1.97. The van der Waals surface area contributed by atoms with E-state index in [-0.39, 0.29) is 5.56 Å². The molecule has 1 heterocycles. The number of carboxylic acids is 1. The Kier molecular flexibility index (Phi) is 4.26. The van der Waals surface area contributed by atoms with Crippen LogP contribution in [-0.4, -0.2) is 16.1 Å². The van der Waals surface area contributed by atoms with Gasteiger partial charge in [0.15, 0.2) is 0 Å². The van der Waals surface area contributed by atoms with E-state index in [1.165, 1.54) is 30.6 Å². The summed E-state index contributed by atoms with van der Waals surface area (Å²) in [5.41, 5.74) is 0.740. The van der Waals surface area contributed by atoms with Crippen LogP contribution < -0.4 is 0 Å². The molecule has 1 aromatic carbocycles. The van der Waals surface area contributed by atoms with Gasteiger partial charge in [0, 0.05) is 12.4 Å². The smallest absolute Gasteiger partial charge is 0.416 e. The Morgan fingerprint density at radius 3 is 2.33 bits per heavy atom. The van der Waals surface area contributed by atoms with E-state index in [0.717, 1.165) is 12.1 Å². The van der Waals surface area contributed by atoms with Crippen LogP contribution in [0.3, 0.4) is 0 Å². The maximum atomic E-state index is 12.4. The Morgan fingerprint density at radius 1 is 1.10 bits per heavy atom. The molecule has 6 heteroatoms. The third-order valence-electron chi connectivity index (χ3n) is 3.10. The number of hydrogen-bond donors (Lipinski definition) is 1. The van der Waals surface area contributed by atoms with Gasteiger partial charge in [-0.1, -0.05) is 12.1 Å². The molecule has 0 aliphatic rings. The van der Waals surface area contributed by atoms with Crippen LogP contribution in [0, 0.1) is 0 Å². The largest absolute Gasteiger partial charge is 0.478 e. The average molecular weight is 295 g/mol. The van der Waals surface area contributed by atoms with Crippen LogP contribution in [0.1, 0.15) is 27.0 Å². The van der Waals surface area contributed by atoms with Gasteiger partial charge in [0.1, 0.15) is 0 Å². The van der Waals surface area contributed by atoms with E-state index < -0.39 is 17.7 Å². The standard InChI is InChI=1S/C15H12F3NO2/c16-15(17,18)12-5-2-10(3-6-12)1-4-11-9-19-8-7-13(11)14(20)21/h2-3,5-9H,1,4H2,(H,20,21). The predicted octanol–water partition coefficient (Wildman–Crippen LogP) is 3.58. The van der Waals surface area contributed by atoms with Gasteiger partial charge in [-0.2, -0.15) is 13.2 Å². The highest BCUT2D eigenvalue weighted by Crippen LogP contribution is 2.29. The van der Waals surface area contributed by atoms with Crippen molar-refractivity contribution >= 4 is 5.97 Å². The van der Waals surface area contributed by atoms with Crippen LogP contribution in [-0.2, 0) is 19.0 Å². The summed E-state index contributed by atoms with van der Waals surface area (Å²) in [7, 11) is 0. The Bertz CT molecular complexity index is 636. The maximum Gasteiger partial charge on any atom is 0.416 e. The summed E-state index contributed by atoms with van der Waals surface area (Å²) in [5.74, 6) is -1.04. The number of nitrogens with zero attached hydrogens (tertiary/aromatic N) is 1. The summed E-state index contributed by atoms with van der Waals surface area (Å²) in [6.07, 6.45) is -0.637.